The largest absolute Gasteiger partial charge is 0.342 e. The van der Waals surface area contributed by atoms with Gasteiger partial charge < -0.3 is 14.8 Å². The van der Waals surface area contributed by atoms with Crippen molar-refractivity contribution in [2.45, 2.75) is 40.2 Å². The number of anilines is 1. The number of aryl methyl sites for hydroxylation is 1. The van der Waals surface area contributed by atoms with E-state index >= 15 is 0 Å². The van der Waals surface area contributed by atoms with Crippen molar-refractivity contribution in [2.24, 2.45) is 0 Å². The van der Waals surface area contributed by atoms with Gasteiger partial charge in [-0.2, -0.15) is 0 Å². The van der Waals surface area contributed by atoms with Crippen LogP contribution in [0.25, 0.3) is 10.9 Å². The summed E-state index contributed by atoms with van der Waals surface area (Å²) in [7, 11) is 0. The minimum atomic E-state index is -0.188. The maximum absolute atomic E-state index is 12.4. The number of amides is 2. The van der Waals surface area contributed by atoms with E-state index in [1.807, 2.05) is 67.9 Å². The molecule has 0 atom stereocenters. The van der Waals surface area contributed by atoms with Crippen molar-refractivity contribution in [2.75, 3.05) is 18.4 Å². The predicted molar refractivity (Wildman–Crippen MR) is 121 cm³/mol. The molecule has 0 saturated heterocycles. The Bertz CT molecular complexity index is 1060. The third-order valence-corrected chi connectivity index (χ3v) is 6.11. The van der Waals surface area contributed by atoms with Crippen LogP contribution in [-0.4, -0.2) is 40.2 Å². The molecular weight excluding hydrogens is 398 g/mol. The number of rotatable bonds is 9. The number of ketones is 1. The molecule has 0 aliphatic carbocycles. The fourth-order valence-electron chi connectivity index (χ4n) is 3.40. The first-order valence-corrected chi connectivity index (χ1v) is 11.0. The number of hydrogen-bond donors (Lipinski definition) is 1. The quantitative estimate of drug-likeness (QED) is 0.514. The number of carbonyl (C=O) groups excluding carboxylic acids is 3. The van der Waals surface area contributed by atoms with Crippen molar-refractivity contribution in [1.82, 2.24) is 9.47 Å². The highest BCUT2D eigenvalue weighted by atomic mass is 32.1. The summed E-state index contributed by atoms with van der Waals surface area (Å²) in [6.45, 7) is 7.58. The summed E-state index contributed by atoms with van der Waals surface area (Å²) < 4.78 is 1.92. The number of fused-ring (bicyclic) bond motifs is 1. The lowest BCUT2D eigenvalue weighted by molar-refractivity contribution is -0.131. The predicted octanol–water partition coefficient (Wildman–Crippen LogP) is 4.48. The Balaban J connectivity index is 1.60. The fourth-order valence-corrected chi connectivity index (χ4v) is 4.23. The van der Waals surface area contributed by atoms with E-state index in [4.69, 9.17) is 0 Å². The smallest absolute Gasteiger partial charge is 0.242 e. The van der Waals surface area contributed by atoms with Crippen LogP contribution in [0.4, 0.5) is 5.69 Å². The lowest BCUT2D eigenvalue weighted by Crippen LogP contribution is -2.33. The van der Waals surface area contributed by atoms with E-state index < -0.39 is 0 Å². The van der Waals surface area contributed by atoms with Crippen LogP contribution in [0.5, 0.6) is 0 Å². The van der Waals surface area contributed by atoms with Gasteiger partial charge in [0.1, 0.15) is 6.54 Å². The van der Waals surface area contributed by atoms with Crippen LogP contribution in [0.2, 0.25) is 0 Å². The Morgan fingerprint density at radius 3 is 2.47 bits per heavy atom. The number of benzene rings is 1. The molecule has 158 valence electrons. The number of likely N-dealkylation sites (N-methyl/N-ethyl adjacent to an activating group) is 1. The summed E-state index contributed by atoms with van der Waals surface area (Å²) in [6.07, 6.45) is 2.23. The van der Waals surface area contributed by atoms with Crippen LogP contribution in [0, 0.1) is 6.92 Å². The van der Waals surface area contributed by atoms with Crippen LogP contribution in [0.1, 0.15) is 41.2 Å². The van der Waals surface area contributed by atoms with Crippen molar-refractivity contribution in [1.29, 1.82) is 0 Å². The van der Waals surface area contributed by atoms with E-state index in [9.17, 15) is 14.4 Å². The van der Waals surface area contributed by atoms with Crippen molar-refractivity contribution in [3.8, 4) is 0 Å². The van der Waals surface area contributed by atoms with E-state index in [1.54, 1.807) is 4.90 Å². The van der Waals surface area contributed by atoms with Crippen molar-refractivity contribution in [3.05, 3.63) is 52.3 Å². The lowest BCUT2D eigenvalue weighted by atomic mass is 10.1. The van der Waals surface area contributed by atoms with Gasteiger partial charge in [0.15, 0.2) is 5.78 Å². The average Bonchev–Trinajstić information content (AvgIpc) is 3.33. The van der Waals surface area contributed by atoms with Gasteiger partial charge in [0.25, 0.3) is 0 Å². The molecule has 2 amide bonds. The van der Waals surface area contributed by atoms with Crippen molar-refractivity contribution in [3.63, 3.8) is 0 Å². The second-order valence-electron chi connectivity index (χ2n) is 7.16. The standard InChI is InChI=1S/C23H27N3O3S/c1-4-25(5-2)23(29)15-26-13-12-17-14-18(7-8-19(17)26)24-22(28)11-9-20(27)21-10-6-16(3)30-21/h6-8,10,12-14H,4-5,9,11,15H2,1-3H3,(H,24,28). The Morgan fingerprint density at radius 2 is 1.80 bits per heavy atom. The van der Waals surface area contributed by atoms with Gasteiger partial charge in [0.05, 0.1) is 4.88 Å². The zero-order valence-electron chi connectivity index (χ0n) is 17.6. The molecule has 1 aromatic carbocycles. The maximum atomic E-state index is 12.4. The molecule has 30 heavy (non-hydrogen) atoms. The molecule has 3 aromatic rings. The summed E-state index contributed by atoms with van der Waals surface area (Å²) in [4.78, 5) is 40.4. The molecule has 0 radical (unpaired) electrons. The second-order valence-corrected chi connectivity index (χ2v) is 8.45. The van der Waals surface area contributed by atoms with E-state index in [0.717, 1.165) is 15.8 Å². The van der Waals surface area contributed by atoms with Crippen LogP contribution >= 0.6 is 11.3 Å². The van der Waals surface area contributed by atoms with Crippen LogP contribution in [-0.2, 0) is 16.1 Å². The van der Waals surface area contributed by atoms with Gasteiger partial charge in [-0.3, -0.25) is 14.4 Å². The molecule has 7 heteroatoms. The molecule has 6 nitrogen and oxygen atoms in total. The highest BCUT2D eigenvalue weighted by molar-refractivity contribution is 7.14. The number of thiophene rings is 1. The summed E-state index contributed by atoms with van der Waals surface area (Å²) in [5, 5.41) is 3.81. The lowest BCUT2D eigenvalue weighted by Gasteiger charge is -2.19. The first kappa shape index (κ1) is 21.8. The number of Topliss-reactive ketones (excluding diaryl/α,β-unsaturated/α-hetero) is 1. The summed E-state index contributed by atoms with van der Waals surface area (Å²) >= 11 is 1.45. The number of nitrogens with one attached hydrogen (secondary N) is 1. The van der Waals surface area contributed by atoms with E-state index in [-0.39, 0.29) is 30.4 Å². The fraction of sp³-hybridized carbons (Fsp3) is 0.348. The Hall–Kier alpha value is -2.93. The third-order valence-electron chi connectivity index (χ3n) is 5.07. The molecule has 0 saturated carbocycles. The highest BCUT2D eigenvalue weighted by Gasteiger charge is 2.13. The molecule has 2 aromatic heterocycles. The van der Waals surface area contributed by atoms with Crippen LogP contribution in [0.3, 0.4) is 0 Å². The van der Waals surface area contributed by atoms with Crippen LogP contribution < -0.4 is 5.32 Å². The minimum Gasteiger partial charge on any atom is -0.342 e. The molecule has 1 N–H and O–H groups in total. The molecule has 0 unspecified atom stereocenters. The molecule has 0 spiro atoms. The molecule has 0 aliphatic rings. The van der Waals surface area contributed by atoms with Crippen molar-refractivity contribution >= 4 is 45.5 Å². The van der Waals surface area contributed by atoms with Gasteiger partial charge >= 0.3 is 0 Å². The van der Waals surface area contributed by atoms with Crippen LogP contribution in [0.15, 0.2) is 42.6 Å². The molecule has 2 heterocycles. The molecular formula is C23H27N3O3S. The summed E-state index contributed by atoms with van der Waals surface area (Å²) in [5.41, 5.74) is 1.62. The van der Waals surface area contributed by atoms with E-state index in [2.05, 4.69) is 5.32 Å². The number of hydrogen-bond acceptors (Lipinski definition) is 4. The Morgan fingerprint density at radius 1 is 1.03 bits per heavy atom. The number of aromatic nitrogens is 1. The third kappa shape index (κ3) is 5.16. The van der Waals surface area contributed by atoms with Gasteiger partial charge in [-0.15, -0.1) is 11.3 Å². The Kier molecular flexibility index (Phi) is 7.05. The first-order chi connectivity index (χ1) is 14.4. The maximum Gasteiger partial charge on any atom is 0.242 e. The van der Waals surface area contributed by atoms with Gasteiger partial charge in [0.2, 0.25) is 11.8 Å². The molecule has 0 bridgehead atoms. The molecule has 3 rings (SSSR count). The average molecular weight is 426 g/mol. The second kappa shape index (κ2) is 9.71. The van der Waals surface area contributed by atoms with E-state index in [1.165, 1.54) is 11.3 Å². The monoisotopic (exact) mass is 425 g/mol. The first-order valence-electron chi connectivity index (χ1n) is 10.2. The number of nitrogens with zero attached hydrogens (tertiary/aromatic N) is 2. The summed E-state index contributed by atoms with van der Waals surface area (Å²) in [6, 6.07) is 11.3. The van der Waals surface area contributed by atoms with Crippen molar-refractivity contribution < 1.29 is 14.4 Å². The molecule has 0 aliphatic heterocycles. The molecule has 0 fully saturated rings. The van der Waals surface area contributed by atoms with Gasteiger partial charge in [0, 0.05) is 53.6 Å². The normalized spacial score (nSPS) is 10.9. The van der Waals surface area contributed by atoms with E-state index in [0.29, 0.717) is 30.2 Å². The zero-order chi connectivity index (χ0) is 21.7. The topological polar surface area (TPSA) is 71.4 Å². The van der Waals surface area contributed by atoms with Gasteiger partial charge in [-0.1, -0.05) is 0 Å². The highest BCUT2D eigenvalue weighted by Crippen LogP contribution is 2.22. The zero-order valence-corrected chi connectivity index (χ0v) is 18.4. The van der Waals surface area contributed by atoms with Gasteiger partial charge in [-0.05, 0) is 57.2 Å². The SMILES string of the molecule is CCN(CC)C(=O)Cn1ccc2cc(NC(=O)CCC(=O)c3ccc(C)s3)ccc21. The summed E-state index contributed by atoms with van der Waals surface area (Å²) in [5.74, 6) is -0.110. The Labute approximate surface area is 180 Å². The van der Waals surface area contributed by atoms with Gasteiger partial charge in [-0.25, -0.2) is 0 Å². The number of carbonyl (C=O) groups is 3. The minimum absolute atomic E-state index is 0.00588.